The normalized spacial score (nSPS) is 16.6. The predicted molar refractivity (Wildman–Crippen MR) is 126 cm³/mol. The zero-order valence-electron chi connectivity index (χ0n) is 17.1. The number of hydrogen-bond acceptors (Lipinski definition) is 5. The minimum absolute atomic E-state index is 0. The lowest BCUT2D eigenvalue weighted by atomic mass is 10.00. The van der Waals surface area contributed by atoms with E-state index in [9.17, 15) is 0 Å². The number of rotatable bonds is 5. The van der Waals surface area contributed by atoms with Crippen LogP contribution in [0.3, 0.4) is 0 Å². The molecule has 0 amide bonds. The van der Waals surface area contributed by atoms with Gasteiger partial charge >= 0.3 is 0 Å². The summed E-state index contributed by atoms with van der Waals surface area (Å²) < 4.78 is 1.94. The van der Waals surface area contributed by atoms with Gasteiger partial charge in [0.2, 0.25) is 0 Å². The van der Waals surface area contributed by atoms with E-state index in [0.29, 0.717) is 5.88 Å². The molecule has 0 spiro atoms. The van der Waals surface area contributed by atoms with Crippen molar-refractivity contribution in [2.45, 2.75) is 25.4 Å². The van der Waals surface area contributed by atoms with Crippen LogP contribution >= 0.6 is 36.4 Å². The largest absolute Gasteiger partial charge is 0.352 e. The smallest absolute Gasteiger partial charge is 0.147 e. The Balaban J connectivity index is 0.00000160. The molecule has 0 bridgehead atoms. The van der Waals surface area contributed by atoms with Crippen molar-refractivity contribution in [3.05, 3.63) is 71.4 Å². The van der Waals surface area contributed by atoms with E-state index in [4.69, 9.17) is 11.6 Å². The Bertz CT molecular complexity index is 916. The Hall–Kier alpha value is -1.86. The third-order valence-electron chi connectivity index (χ3n) is 5.59. The summed E-state index contributed by atoms with van der Waals surface area (Å²) in [5, 5.41) is 4.41. The number of aromatic nitrogens is 4. The molecule has 1 aliphatic rings. The van der Waals surface area contributed by atoms with Crippen LogP contribution in [0.1, 0.15) is 28.4 Å². The maximum atomic E-state index is 5.98. The van der Waals surface area contributed by atoms with Gasteiger partial charge in [-0.3, -0.25) is 14.6 Å². The highest BCUT2D eigenvalue weighted by Crippen LogP contribution is 2.30. The number of benzene rings is 1. The van der Waals surface area contributed by atoms with E-state index in [2.05, 4.69) is 56.1 Å². The summed E-state index contributed by atoms with van der Waals surface area (Å²) in [6.07, 6.45) is 7.30. The first-order chi connectivity index (χ1) is 13.7. The molecule has 0 saturated carbocycles. The van der Waals surface area contributed by atoms with E-state index in [1.54, 1.807) is 12.4 Å². The van der Waals surface area contributed by atoms with E-state index in [0.717, 1.165) is 37.6 Å². The van der Waals surface area contributed by atoms with Gasteiger partial charge in [0, 0.05) is 62.8 Å². The first-order valence-corrected chi connectivity index (χ1v) is 10.1. The van der Waals surface area contributed by atoms with Crippen molar-refractivity contribution in [2.24, 2.45) is 7.05 Å². The first-order valence-electron chi connectivity index (χ1n) is 9.53. The summed E-state index contributed by atoms with van der Waals surface area (Å²) in [5.74, 6) is 1.47. The summed E-state index contributed by atoms with van der Waals surface area (Å²) in [4.78, 5) is 13.6. The van der Waals surface area contributed by atoms with Gasteiger partial charge in [-0.25, -0.2) is 4.98 Å². The molecule has 6 nitrogen and oxygen atoms in total. The molecule has 1 unspecified atom stereocenters. The van der Waals surface area contributed by atoms with Gasteiger partial charge in [-0.05, 0) is 18.1 Å². The van der Waals surface area contributed by atoms with Crippen molar-refractivity contribution in [1.29, 1.82) is 0 Å². The van der Waals surface area contributed by atoms with Gasteiger partial charge in [0.05, 0.1) is 18.4 Å². The molecule has 30 heavy (non-hydrogen) atoms. The molecule has 1 saturated heterocycles. The van der Waals surface area contributed by atoms with Crippen molar-refractivity contribution in [1.82, 2.24) is 24.6 Å². The molecular weight excluding hydrogens is 443 g/mol. The molecule has 0 radical (unpaired) electrons. The van der Waals surface area contributed by atoms with Crippen LogP contribution in [0.15, 0.2) is 49.1 Å². The second kappa shape index (κ2) is 11.0. The zero-order valence-corrected chi connectivity index (χ0v) is 19.5. The van der Waals surface area contributed by atoms with Crippen molar-refractivity contribution < 1.29 is 0 Å². The molecule has 4 rings (SSSR count). The minimum Gasteiger partial charge on any atom is -0.352 e. The highest BCUT2D eigenvalue weighted by atomic mass is 35.5. The predicted octanol–water partition coefficient (Wildman–Crippen LogP) is 4.16. The van der Waals surface area contributed by atoms with E-state index in [1.165, 1.54) is 16.8 Å². The molecule has 162 valence electrons. The van der Waals surface area contributed by atoms with Gasteiger partial charge in [-0.15, -0.1) is 36.4 Å². The van der Waals surface area contributed by atoms with Crippen LogP contribution in [0.25, 0.3) is 0 Å². The van der Waals surface area contributed by atoms with Crippen LogP contribution in [-0.4, -0.2) is 44.3 Å². The lowest BCUT2D eigenvalue weighted by Gasteiger charge is -2.42. The molecule has 1 aliphatic heterocycles. The van der Waals surface area contributed by atoms with Crippen molar-refractivity contribution >= 4 is 42.2 Å². The maximum absolute atomic E-state index is 5.98. The molecule has 2 aromatic heterocycles. The number of nitrogens with zero attached hydrogens (tertiary/aromatic N) is 6. The summed E-state index contributed by atoms with van der Waals surface area (Å²) in [7, 11) is 1.99. The fourth-order valence-corrected chi connectivity index (χ4v) is 3.91. The van der Waals surface area contributed by atoms with Gasteiger partial charge in [0.15, 0.2) is 0 Å². The third kappa shape index (κ3) is 5.24. The quantitative estimate of drug-likeness (QED) is 0.525. The number of hydrogen-bond donors (Lipinski definition) is 0. The van der Waals surface area contributed by atoms with Gasteiger partial charge in [0.25, 0.3) is 0 Å². The van der Waals surface area contributed by atoms with Crippen LogP contribution < -0.4 is 4.90 Å². The van der Waals surface area contributed by atoms with E-state index < -0.39 is 0 Å². The fraction of sp³-hybridized carbons (Fsp3) is 0.381. The van der Waals surface area contributed by atoms with E-state index in [1.807, 2.05) is 24.1 Å². The van der Waals surface area contributed by atoms with E-state index in [-0.39, 0.29) is 30.9 Å². The average Bonchev–Trinajstić information content (AvgIpc) is 3.07. The Kier molecular flexibility index (Phi) is 8.92. The first kappa shape index (κ1) is 24.4. The lowest BCUT2D eigenvalue weighted by Crippen LogP contribution is -2.48. The Morgan fingerprint density at radius 2 is 1.83 bits per heavy atom. The number of piperazine rings is 1. The van der Waals surface area contributed by atoms with Gasteiger partial charge in [-0.1, -0.05) is 24.3 Å². The molecule has 3 heterocycles. The number of alkyl halides is 1. The van der Waals surface area contributed by atoms with Gasteiger partial charge < -0.3 is 4.90 Å². The van der Waals surface area contributed by atoms with Gasteiger partial charge in [-0.2, -0.15) is 5.10 Å². The third-order valence-corrected chi connectivity index (χ3v) is 5.90. The second-order valence-electron chi connectivity index (χ2n) is 7.25. The van der Waals surface area contributed by atoms with Crippen LogP contribution in [-0.2, 0) is 19.5 Å². The SMILES string of the molecule is Cc1c(CN2CCN(c3cnccn3)CC2c2ccc(CCl)cc2)cnn1C.Cl.Cl. The summed E-state index contributed by atoms with van der Waals surface area (Å²) in [5.41, 5.74) is 4.93. The molecule has 1 aromatic carbocycles. The fourth-order valence-electron chi connectivity index (χ4n) is 3.74. The van der Waals surface area contributed by atoms with E-state index >= 15 is 0 Å². The van der Waals surface area contributed by atoms with Crippen molar-refractivity contribution in [2.75, 3.05) is 24.5 Å². The Morgan fingerprint density at radius 3 is 2.43 bits per heavy atom. The molecule has 3 aromatic rings. The van der Waals surface area contributed by atoms with Crippen molar-refractivity contribution in [3.63, 3.8) is 0 Å². The van der Waals surface area contributed by atoms with Crippen LogP contribution in [0.5, 0.6) is 0 Å². The zero-order chi connectivity index (χ0) is 19.5. The average molecular weight is 470 g/mol. The monoisotopic (exact) mass is 468 g/mol. The standard InChI is InChI=1S/C21H25ClN6.2ClH/c1-16-19(12-25-26(16)2)14-27-9-10-28(21-13-23-7-8-24-21)15-20(27)18-5-3-17(11-22)4-6-18;;/h3-8,12-13,20H,9-11,14-15H2,1-2H3;2*1H. The van der Waals surface area contributed by atoms with Gasteiger partial charge in [0.1, 0.15) is 5.82 Å². The van der Waals surface area contributed by atoms with Crippen molar-refractivity contribution in [3.8, 4) is 0 Å². The minimum atomic E-state index is 0. The summed E-state index contributed by atoms with van der Waals surface area (Å²) >= 11 is 5.98. The summed E-state index contributed by atoms with van der Waals surface area (Å²) in [6, 6.07) is 8.91. The highest BCUT2D eigenvalue weighted by Gasteiger charge is 2.29. The number of aryl methyl sites for hydroxylation is 1. The van der Waals surface area contributed by atoms with Crippen LogP contribution in [0.2, 0.25) is 0 Å². The molecule has 0 N–H and O–H groups in total. The Labute approximate surface area is 195 Å². The highest BCUT2D eigenvalue weighted by molar-refractivity contribution is 6.17. The molecule has 1 atom stereocenters. The second-order valence-corrected chi connectivity index (χ2v) is 7.52. The molecule has 0 aliphatic carbocycles. The molecular formula is C21H27Cl3N6. The number of halogens is 3. The Morgan fingerprint density at radius 1 is 1.07 bits per heavy atom. The van der Waals surface area contributed by atoms with Crippen LogP contribution in [0.4, 0.5) is 5.82 Å². The molecule has 1 fully saturated rings. The summed E-state index contributed by atoms with van der Waals surface area (Å²) in [6.45, 7) is 5.76. The topological polar surface area (TPSA) is 50.1 Å². The lowest BCUT2D eigenvalue weighted by molar-refractivity contribution is 0.168. The molecule has 9 heteroatoms. The number of anilines is 1. The maximum Gasteiger partial charge on any atom is 0.147 e. The van der Waals surface area contributed by atoms with Crippen LogP contribution in [0, 0.1) is 6.92 Å².